The molecule has 4 heteroatoms. The Morgan fingerprint density at radius 3 is 2.75 bits per heavy atom. The van der Waals surface area contributed by atoms with Crippen molar-refractivity contribution in [1.82, 2.24) is 10.2 Å². The van der Waals surface area contributed by atoms with Crippen LogP contribution in [0.1, 0.15) is 37.8 Å². The van der Waals surface area contributed by atoms with Crippen molar-refractivity contribution in [2.24, 2.45) is 5.92 Å². The van der Waals surface area contributed by atoms with Crippen LogP contribution in [0.3, 0.4) is 0 Å². The van der Waals surface area contributed by atoms with Gasteiger partial charge in [0.2, 0.25) is 0 Å². The summed E-state index contributed by atoms with van der Waals surface area (Å²) in [6.45, 7) is 5.79. The fourth-order valence-corrected chi connectivity index (χ4v) is 3.99. The number of halogens is 2. The first kappa shape index (κ1) is 16.5. The summed E-state index contributed by atoms with van der Waals surface area (Å²) in [6.07, 6.45) is 3.86. The van der Waals surface area contributed by atoms with E-state index in [-0.39, 0.29) is 0 Å². The summed E-state index contributed by atoms with van der Waals surface area (Å²) in [6, 6.07) is 7.26. The van der Waals surface area contributed by atoms with Crippen LogP contribution in [0.5, 0.6) is 0 Å². The molecule has 1 aliphatic heterocycles. The van der Waals surface area contributed by atoms with E-state index in [0.29, 0.717) is 12.0 Å². The molecule has 0 spiro atoms. The van der Waals surface area contributed by atoms with E-state index in [9.17, 15) is 0 Å². The number of hydrogen-bond acceptors (Lipinski definition) is 2. The number of benzene rings is 1. The number of likely N-dealkylation sites (tertiary alicyclic amines) is 1. The van der Waals surface area contributed by atoms with E-state index in [1.807, 2.05) is 0 Å². The Hall–Kier alpha value is 0.1000. The predicted molar refractivity (Wildman–Crippen MR) is 93.1 cm³/mol. The minimum absolute atomic E-state index is 0.542. The van der Waals surface area contributed by atoms with Crippen LogP contribution >= 0.6 is 31.9 Å². The molecule has 2 rings (SSSR count). The summed E-state index contributed by atoms with van der Waals surface area (Å²) in [5.74, 6) is 0.702. The summed E-state index contributed by atoms with van der Waals surface area (Å²) in [7, 11) is 2.06. The Morgan fingerprint density at radius 1 is 1.30 bits per heavy atom. The molecule has 112 valence electrons. The van der Waals surface area contributed by atoms with Crippen LogP contribution in [-0.4, -0.2) is 31.6 Å². The molecule has 0 amide bonds. The van der Waals surface area contributed by atoms with E-state index in [1.165, 1.54) is 37.9 Å². The number of nitrogens with zero attached hydrogens (tertiary/aromatic N) is 1. The highest BCUT2D eigenvalue weighted by molar-refractivity contribution is 9.13. The van der Waals surface area contributed by atoms with Gasteiger partial charge in [0.1, 0.15) is 0 Å². The Labute approximate surface area is 139 Å². The van der Waals surface area contributed by atoms with Gasteiger partial charge in [-0.3, -0.25) is 4.90 Å². The molecule has 1 aromatic carbocycles. The number of nitrogens with one attached hydrogen (secondary N) is 1. The van der Waals surface area contributed by atoms with Crippen LogP contribution in [0.2, 0.25) is 0 Å². The van der Waals surface area contributed by atoms with Crippen LogP contribution < -0.4 is 5.32 Å². The van der Waals surface area contributed by atoms with Crippen molar-refractivity contribution in [3.63, 3.8) is 0 Å². The number of hydrogen-bond donors (Lipinski definition) is 1. The van der Waals surface area contributed by atoms with Crippen molar-refractivity contribution in [3.8, 4) is 0 Å². The molecule has 1 N–H and O–H groups in total. The van der Waals surface area contributed by atoms with Crippen LogP contribution in [0, 0.1) is 5.92 Å². The highest BCUT2D eigenvalue weighted by Gasteiger charge is 2.31. The van der Waals surface area contributed by atoms with E-state index in [0.717, 1.165) is 15.5 Å². The van der Waals surface area contributed by atoms with Gasteiger partial charge in [0.25, 0.3) is 0 Å². The minimum atomic E-state index is 0.542. The SMILES string of the molecule is CCCN1CCCC(CNC)C1c1ccc(Br)c(Br)c1. The van der Waals surface area contributed by atoms with Crippen LogP contribution in [0.25, 0.3) is 0 Å². The van der Waals surface area contributed by atoms with E-state index in [4.69, 9.17) is 0 Å². The minimum Gasteiger partial charge on any atom is -0.319 e. The van der Waals surface area contributed by atoms with Crippen LogP contribution in [0.4, 0.5) is 0 Å². The van der Waals surface area contributed by atoms with Crippen molar-refractivity contribution in [2.75, 3.05) is 26.7 Å². The van der Waals surface area contributed by atoms with Crippen LogP contribution in [-0.2, 0) is 0 Å². The maximum atomic E-state index is 3.65. The molecule has 1 saturated heterocycles. The standard InChI is InChI=1S/C16H24Br2N2/c1-3-8-20-9-4-5-13(11-19-2)16(20)12-6-7-14(17)15(18)10-12/h6-7,10,13,16,19H,3-5,8-9,11H2,1-2H3. The molecular formula is C16H24Br2N2. The molecule has 1 aliphatic rings. The molecule has 1 heterocycles. The van der Waals surface area contributed by atoms with Crippen LogP contribution in [0.15, 0.2) is 27.1 Å². The smallest absolute Gasteiger partial charge is 0.0388 e. The quantitative estimate of drug-likeness (QED) is 0.772. The highest BCUT2D eigenvalue weighted by atomic mass is 79.9. The van der Waals surface area contributed by atoms with E-state index in [1.54, 1.807) is 0 Å². The third-order valence-electron chi connectivity index (χ3n) is 4.12. The molecule has 2 nitrogen and oxygen atoms in total. The summed E-state index contributed by atoms with van der Waals surface area (Å²) >= 11 is 7.22. The molecule has 0 aromatic heterocycles. The first-order valence-corrected chi connectivity index (χ1v) is 9.09. The van der Waals surface area contributed by atoms with Gasteiger partial charge in [-0.1, -0.05) is 13.0 Å². The Morgan fingerprint density at radius 2 is 2.10 bits per heavy atom. The van der Waals surface area contributed by atoms with E-state index >= 15 is 0 Å². The lowest BCUT2D eigenvalue weighted by atomic mass is 9.84. The van der Waals surface area contributed by atoms with Crippen molar-refractivity contribution in [2.45, 2.75) is 32.2 Å². The van der Waals surface area contributed by atoms with Gasteiger partial charge in [-0.15, -0.1) is 0 Å². The lowest BCUT2D eigenvalue weighted by molar-refractivity contribution is 0.0924. The zero-order valence-corrected chi connectivity index (χ0v) is 15.5. The van der Waals surface area contributed by atoms with Gasteiger partial charge in [0.15, 0.2) is 0 Å². The number of piperidine rings is 1. The van der Waals surface area contributed by atoms with Gasteiger partial charge in [-0.05, 0) is 101 Å². The van der Waals surface area contributed by atoms with Gasteiger partial charge in [-0.2, -0.15) is 0 Å². The van der Waals surface area contributed by atoms with Gasteiger partial charge in [0, 0.05) is 15.0 Å². The topological polar surface area (TPSA) is 15.3 Å². The van der Waals surface area contributed by atoms with Crippen molar-refractivity contribution in [1.29, 1.82) is 0 Å². The largest absolute Gasteiger partial charge is 0.319 e. The average Bonchev–Trinajstić information content (AvgIpc) is 2.43. The van der Waals surface area contributed by atoms with E-state index < -0.39 is 0 Å². The maximum absolute atomic E-state index is 3.65. The summed E-state index contributed by atoms with van der Waals surface area (Å²) in [4.78, 5) is 2.67. The van der Waals surface area contributed by atoms with Crippen molar-refractivity contribution in [3.05, 3.63) is 32.7 Å². The molecule has 0 saturated carbocycles. The van der Waals surface area contributed by atoms with Gasteiger partial charge in [0.05, 0.1) is 0 Å². The Balaban J connectivity index is 2.29. The van der Waals surface area contributed by atoms with E-state index in [2.05, 4.69) is 74.2 Å². The fourth-order valence-electron chi connectivity index (χ4n) is 3.34. The maximum Gasteiger partial charge on any atom is 0.0388 e. The Kier molecular flexibility index (Phi) is 6.53. The second-order valence-corrected chi connectivity index (χ2v) is 7.32. The van der Waals surface area contributed by atoms with Gasteiger partial charge >= 0.3 is 0 Å². The van der Waals surface area contributed by atoms with Crippen molar-refractivity contribution >= 4 is 31.9 Å². The fraction of sp³-hybridized carbons (Fsp3) is 0.625. The zero-order valence-electron chi connectivity index (χ0n) is 12.3. The van der Waals surface area contributed by atoms with Gasteiger partial charge < -0.3 is 5.32 Å². The second-order valence-electron chi connectivity index (χ2n) is 5.61. The van der Waals surface area contributed by atoms with Crippen molar-refractivity contribution < 1.29 is 0 Å². The third-order valence-corrected chi connectivity index (χ3v) is 6.00. The first-order chi connectivity index (χ1) is 9.67. The third kappa shape index (κ3) is 3.85. The molecule has 2 atom stereocenters. The zero-order chi connectivity index (χ0) is 14.5. The monoisotopic (exact) mass is 402 g/mol. The lowest BCUT2D eigenvalue weighted by Crippen LogP contribution is -2.42. The molecule has 1 aromatic rings. The Bertz CT molecular complexity index is 418. The predicted octanol–water partition coefficient (Wildman–Crippen LogP) is 4.59. The molecule has 0 bridgehead atoms. The number of rotatable bonds is 5. The van der Waals surface area contributed by atoms with Gasteiger partial charge in [-0.25, -0.2) is 0 Å². The summed E-state index contributed by atoms with van der Waals surface area (Å²) in [5, 5.41) is 3.38. The molecule has 20 heavy (non-hydrogen) atoms. The highest BCUT2D eigenvalue weighted by Crippen LogP contribution is 2.38. The summed E-state index contributed by atoms with van der Waals surface area (Å²) < 4.78 is 2.28. The second kappa shape index (κ2) is 7.92. The molecule has 2 unspecified atom stereocenters. The molecule has 0 aliphatic carbocycles. The molecule has 1 fully saturated rings. The molecule has 0 radical (unpaired) electrons. The normalized spacial score (nSPS) is 24.0. The first-order valence-electron chi connectivity index (χ1n) is 7.51. The molecular weight excluding hydrogens is 380 g/mol. The summed E-state index contributed by atoms with van der Waals surface area (Å²) in [5.41, 5.74) is 1.44. The lowest BCUT2D eigenvalue weighted by Gasteiger charge is -2.42. The average molecular weight is 404 g/mol.